The van der Waals surface area contributed by atoms with Crippen molar-refractivity contribution in [1.82, 2.24) is 0 Å². The highest BCUT2D eigenvalue weighted by molar-refractivity contribution is 5.08. The van der Waals surface area contributed by atoms with Crippen LogP contribution in [0.15, 0.2) is 0 Å². The van der Waals surface area contributed by atoms with Crippen molar-refractivity contribution in [3.63, 3.8) is 0 Å². The molecule has 2 aliphatic rings. The van der Waals surface area contributed by atoms with Gasteiger partial charge in [-0.25, -0.2) is 0 Å². The van der Waals surface area contributed by atoms with Gasteiger partial charge in [-0.05, 0) is 27.7 Å². The van der Waals surface area contributed by atoms with E-state index in [1.54, 1.807) is 6.92 Å². The topological polar surface area (TPSA) is 73.0 Å². The van der Waals surface area contributed by atoms with E-state index in [1.807, 2.05) is 20.8 Å². The Bertz CT molecular complexity index is 286. The summed E-state index contributed by atoms with van der Waals surface area (Å²) >= 11 is 0. The molecule has 0 spiro atoms. The molecule has 2 rings (SSSR count). The van der Waals surface area contributed by atoms with Crippen LogP contribution in [0.3, 0.4) is 0 Å². The summed E-state index contributed by atoms with van der Waals surface area (Å²) in [5.74, 6) is -1.28. The third kappa shape index (κ3) is 3.20. The fraction of sp³-hybridized carbons (Fsp3) is 1.00. The molecule has 18 heavy (non-hydrogen) atoms. The third-order valence-corrected chi connectivity index (χ3v) is 2.88. The first-order valence-electron chi connectivity index (χ1n) is 6.32. The summed E-state index contributed by atoms with van der Waals surface area (Å²) in [5, 5.41) is 9.07. The van der Waals surface area contributed by atoms with Crippen LogP contribution in [0.25, 0.3) is 0 Å². The lowest BCUT2D eigenvalue weighted by molar-refractivity contribution is -0.220. The van der Waals surface area contributed by atoms with Crippen molar-refractivity contribution in [2.24, 2.45) is 0 Å². The van der Waals surface area contributed by atoms with Crippen LogP contribution in [0.4, 0.5) is 0 Å². The Morgan fingerprint density at radius 1 is 1.00 bits per heavy atom. The van der Waals surface area contributed by atoms with Crippen molar-refractivity contribution in [1.29, 1.82) is 0 Å². The molecule has 2 fully saturated rings. The standard InChI is InChI=1S/C12H22O6/c1-8(13)5-14-9(2)6-15-10(3)7-16-12-11(4,17-12)18-12/h8-10,13H,5-7H2,1-4H3. The van der Waals surface area contributed by atoms with Crippen LogP contribution in [0, 0.1) is 0 Å². The van der Waals surface area contributed by atoms with Gasteiger partial charge in [0.1, 0.15) is 0 Å². The molecule has 3 unspecified atom stereocenters. The van der Waals surface area contributed by atoms with Gasteiger partial charge in [-0.1, -0.05) is 0 Å². The lowest BCUT2D eigenvalue weighted by atomic mass is 10.4. The normalized spacial score (nSPS) is 37.8. The molecule has 0 aromatic heterocycles. The highest BCUT2D eigenvalue weighted by Crippen LogP contribution is 2.67. The van der Waals surface area contributed by atoms with Gasteiger partial charge in [-0.2, -0.15) is 0 Å². The van der Waals surface area contributed by atoms with E-state index in [1.165, 1.54) is 0 Å². The zero-order valence-corrected chi connectivity index (χ0v) is 11.3. The second-order valence-electron chi connectivity index (χ2n) is 5.15. The minimum Gasteiger partial charge on any atom is -0.391 e. The average molecular weight is 262 g/mol. The predicted octanol–water partition coefficient (Wildman–Crippen LogP) is 0.624. The summed E-state index contributed by atoms with van der Waals surface area (Å²) in [5.41, 5.74) is 0. The minimum absolute atomic E-state index is 0.0557. The van der Waals surface area contributed by atoms with E-state index in [4.69, 9.17) is 28.8 Å². The molecule has 0 aromatic carbocycles. The zero-order valence-electron chi connectivity index (χ0n) is 11.3. The van der Waals surface area contributed by atoms with E-state index in [0.717, 1.165) is 0 Å². The van der Waals surface area contributed by atoms with Gasteiger partial charge >= 0.3 is 5.97 Å². The van der Waals surface area contributed by atoms with E-state index in [2.05, 4.69) is 0 Å². The van der Waals surface area contributed by atoms with Gasteiger partial charge in [-0.15, -0.1) is 0 Å². The Morgan fingerprint density at radius 2 is 1.50 bits per heavy atom. The first-order valence-corrected chi connectivity index (χ1v) is 6.32. The first kappa shape index (κ1) is 14.2. The molecule has 1 N–H and O–H groups in total. The Morgan fingerprint density at radius 3 is 2.00 bits per heavy atom. The van der Waals surface area contributed by atoms with Gasteiger partial charge in [0, 0.05) is 0 Å². The van der Waals surface area contributed by atoms with Crippen LogP contribution < -0.4 is 0 Å². The summed E-state index contributed by atoms with van der Waals surface area (Å²) in [6.07, 6.45) is -0.571. The molecular weight excluding hydrogens is 240 g/mol. The van der Waals surface area contributed by atoms with E-state index in [-0.39, 0.29) is 12.2 Å². The fourth-order valence-electron chi connectivity index (χ4n) is 1.59. The predicted molar refractivity (Wildman–Crippen MR) is 61.8 cm³/mol. The molecular formula is C12H22O6. The largest absolute Gasteiger partial charge is 0.391 e. The summed E-state index contributed by atoms with van der Waals surface area (Å²) in [6, 6.07) is 0. The van der Waals surface area contributed by atoms with Crippen LogP contribution in [0.5, 0.6) is 0 Å². The maximum atomic E-state index is 9.07. The lowest BCUT2D eigenvalue weighted by Crippen LogP contribution is -2.26. The second-order valence-corrected chi connectivity index (χ2v) is 5.15. The summed E-state index contributed by atoms with van der Waals surface area (Å²) in [6.45, 7) is 8.54. The average Bonchev–Trinajstić information content (AvgIpc) is 3.05. The Hall–Kier alpha value is -0.240. The zero-order chi connectivity index (χ0) is 13.4. The molecule has 0 aliphatic carbocycles. The SMILES string of the molecule is CC(O)COC(C)COC(C)COC12OC1(C)O2. The second kappa shape index (κ2) is 5.03. The minimum atomic E-state index is -0.779. The first-order chi connectivity index (χ1) is 8.37. The van der Waals surface area contributed by atoms with Crippen LogP contribution in [-0.2, 0) is 23.7 Å². The quantitative estimate of drug-likeness (QED) is 0.614. The maximum Gasteiger partial charge on any atom is 0.346 e. The van der Waals surface area contributed by atoms with Crippen LogP contribution in [0.1, 0.15) is 27.7 Å². The number of fused-ring (bicyclic) bond motifs is 1. The Balaban J connectivity index is 1.50. The number of hydrogen-bond acceptors (Lipinski definition) is 6. The van der Waals surface area contributed by atoms with Gasteiger partial charge in [0.2, 0.25) is 0 Å². The highest BCUT2D eigenvalue weighted by Gasteiger charge is 2.91. The molecule has 106 valence electrons. The number of aliphatic hydroxyl groups is 1. The molecule has 0 aromatic rings. The van der Waals surface area contributed by atoms with Gasteiger partial charge in [-0.3, -0.25) is 9.47 Å². The molecule has 3 atom stereocenters. The summed E-state index contributed by atoms with van der Waals surface area (Å²) in [4.78, 5) is 0. The summed E-state index contributed by atoms with van der Waals surface area (Å²) < 4.78 is 26.7. The molecule has 6 heteroatoms. The number of hydrogen-bond donors (Lipinski definition) is 1. The number of aliphatic hydroxyl groups excluding tert-OH is 1. The van der Waals surface area contributed by atoms with Crippen molar-refractivity contribution < 1.29 is 28.8 Å². The number of epoxide rings is 2. The van der Waals surface area contributed by atoms with Crippen molar-refractivity contribution in [3.05, 3.63) is 0 Å². The van der Waals surface area contributed by atoms with Crippen molar-refractivity contribution in [2.75, 3.05) is 19.8 Å². The van der Waals surface area contributed by atoms with E-state index in [0.29, 0.717) is 19.8 Å². The van der Waals surface area contributed by atoms with Crippen molar-refractivity contribution >= 4 is 0 Å². The molecule has 0 bridgehead atoms. The number of rotatable bonds is 9. The molecule has 6 nitrogen and oxygen atoms in total. The van der Waals surface area contributed by atoms with E-state index < -0.39 is 17.9 Å². The van der Waals surface area contributed by atoms with Gasteiger partial charge in [0.05, 0.1) is 38.1 Å². The smallest absolute Gasteiger partial charge is 0.346 e. The fourth-order valence-corrected chi connectivity index (χ4v) is 1.59. The molecule has 0 amide bonds. The molecule has 0 radical (unpaired) electrons. The molecule has 2 aliphatic heterocycles. The third-order valence-electron chi connectivity index (χ3n) is 2.88. The summed E-state index contributed by atoms with van der Waals surface area (Å²) in [7, 11) is 0. The highest BCUT2D eigenvalue weighted by atomic mass is 17.2. The van der Waals surface area contributed by atoms with Gasteiger partial charge in [0.25, 0.3) is 5.79 Å². The number of ether oxygens (including phenoxy) is 5. The van der Waals surface area contributed by atoms with E-state index >= 15 is 0 Å². The maximum absolute atomic E-state index is 9.07. The molecule has 0 saturated carbocycles. The molecule has 2 saturated heterocycles. The van der Waals surface area contributed by atoms with Crippen molar-refractivity contribution in [2.45, 2.75) is 57.8 Å². The monoisotopic (exact) mass is 262 g/mol. The van der Waals surface area contributed by atoms with Gasteiger partial charge in [0.15, 0.2) is 0 Å². The van der Waals surface area contributed by atoms with Crippen molar-refractivity contribution in [3.8, 4) is 0 Å². The van der Waals surface area contributed by atoms with E-state index in [9.17, 15) is 0 Å². The lowest BCUT2D eigenvalue weighted by Gasteiger charge is -2.18. The van der Waals surface area contributed by atoms with Crippen LogP contribution in [0.2, 0.25) is 0 Å². The Kier molecular flexibility index (Phi) is 3.96. The van der Waals surface area contributed by atoms with Crippen LogP contribution >= 0.6 is 0 Å². The van der Waals surface area contributed by atoms with Crippen LogP contribution in [-0.4, -0.2) is 55.0 Å². The van der Waals surface area contributed by atoms with Gasteiger partial charge < -0.3 is 19.3 Å². The Labute approximate surface area is 107 Å². The molecule has 2 heterocycles.